The van der Waals surface area contributed by atoms with Gasteiger partial charge in [-0.25, -0.2) is 0 Å². The number of amides is 1. The molecule has 18 heavy (non-hydrogen) atoms. The molecule has 0 saturated carbocycles. The predicted octanol–water partition coefficient (Wildman–Crippen LogP) is 4.35. The van der Waals surface area contributed by atoms with Crippen LogP contribution in [0.4, 0.5) is 0 Å². The van der Waals surface area contributed by atoms with E-state index in [2.05, 4.69) is 13.5 Å². The van der Waals surface area contributed by atoms with Crippen LogP contribution in [0.25, 0.3) is 0 Å². The van der Waals surface area contributed by atoms with Crippen molar-refractivity contribution in [3.63, 3.8) is 0 Å². The predicted molar refractivity (Wildman–Crippen MR) is 81.6 cm³/mol. The first-order valence-electron chi connectivity index (χ1n) is 6.91. The Labute approximate surface area is 113 Å². The van der Waals surface area contributed by atoms with Gasteiger partial charge in [-0.1, -0.05) is 51.7 Å². The summed E-state index contributed by atoms with van der Waals surface area (Å²) in [5.74, 6) is 0.200. The molecule has 0 aliphatic heterocycles. The van der Waals surface area contributed by atoms with Gasteiger partial charge in [-0.15, -0.1) is 0 Å². The molecule has 0 heterocycles. The van der Waals surface area contributed by atoms with E-state index in [0.29, 0.717) is 6.42 Å². The van der Waals surface area contributed by atoms with E-state index in [4.69, 9.17) is 0 Å². The lowest BCUT2D eigenvalue weighted by atomic mass is 10.1. The summed E-state index contributed by atoms with van der Waals surface area (Å²) in [6.45, 7) is 15.3. The Kier molecular flexibility index (Phi) is 14.5. The van der Waals surface area contributed by atoms with Crippen LogP contribution in [-0.4, -0.2) is 23.9 Å². The van der Waals surface area contributed by atoms with Gasteiger partial charge in [0, 0.05) is 13.1 Å². The van der Waals surface area contributed by atoms with Gasteiger partial charge in [0.05, 0.1) is 6.42 Å². The highest BCUT2D eigenvalue weighted by molar-refractivity contribution is 5.79. The number of rotatable bonds is 7. The molecule has 0 aromatic carbocycles. The highest BCUT2D eigenvalue weighted by atomic mass is 16.2. The minimum atomic E-state index is 0.200. The normalized spacial score (nSPS) is 10.8. The van der Waals surface area contributed by atoms with Gasteiger partial charge in [-0.05, 0) is 25.8 Å². The lowest BCUT2D eigenvalue weighted by Crippen LogP contribution is -2.31. The van der Waals surface area contributed by atoms with E-state index >= 15 is 0 Å². The molecule has 0 spiro atoms. The maximum absolute atomic E-state index is 11.9. The molecule has 0 aliphatic carbocycles. The second kappa shape index (κ2) is 13.8. The maximum Gasteiger partial charge on any atom is 0.226 e. The number of carbonyl (C=O) groups is 1. The lowest BCUT2D eigenvalue weighted by Gasteiger charge is -2.20. The monoisotopic (exact) mass is 251 g/mol. The molecule has 0 radical (unpaired) electrons. The minimum Gasteiger partial charge on any atom is -0.343 e. The van der Waals surface area contributed by atoms with Crippen LogP contribution in [0, 0.1) is 0 Å². The van der Waals surface area contributed by atoms with Crippen LogP contribution in [0.15, 0.2) is 36.5 Å². The summed E-state index contributed by atoms with van der Waals surface area (Å²) in [7, 11) is 0. The fraction of sp³-hybridized carbons (Fsp3) is 0.562. The molecular weight excluding hydrogens is 222 g/mol. The van der Waals surface area contributed by atoms with Crippen molar-refractivity contribution in [1.82, 2.24) is 4.90 Å². The molecule has 0 rings (SSSR count). The zero-order valence-electron chi connectivity index (χ0n) is 12.7. The Balaban J connectivity index is 0. The molecular formula is C16H29NO. The molecule has 0 unspecified atom stereocenters. The van der Waals surface area contributed by atoms with Crippen LogP contribution >= 0.6 is 0 Å². The van der Waals surface area contributed by atoms with E-state index in [1.165, 1.54) is 0 Å². The van der Waals surface area contributed by atoms with Crippen molar-refractivity contribution < 1.29 is 4.79 Å². The van der Waals surface area contributed by atoms with E-state index in [1.807, 2.05) is 50.8 Å². The summed E-state index contributed by atoms with van der Waals surface area (Å²) in [4.78, 5) is 13.8. The molecule has 2 nitrogen and oxygen atoms in total. The number of hydrogen-bond donors (Lipinski definition) is 0. The SMILES string of the molecule is C=C/C=C\C(=C/C)CC(=O)N(CC)CCC.CC. The van der Waals surface area contributed by atoms with Gasteiger partial charge < -0.3 is 4.90 Å². The van der Waals surface area contributed by atoms with Gasteiger partial charge in [0.2, 0.25) is 5.91 Å². The van der Waals surface area contributed by atoms with Gasteiger partial charge in [0.15, 0.2) is 0 Å². The second-order valence-electron chi connectivity index (χ2n) is 3.61. The average molecular weight is 251 g/mol. The van der Waals surface area contributed by atoms with Gasteiger partial charge in [0.1, 0.15) is 0 Å². The van der Waals surface area contributed by atoms with Crippen LogP contribution in [0.1, 0.15) is 47.5 Å². The summed E-state index contributed by atoms with van der Waals surface area (Å²) in [6, 6.07) is 0. The molecule has 0 N–H and O–H groups in total. The van der Waals surface area contributed by atoms with Crippen molar-refractivity contribution in [2.24, 2.45) is 0 Å². The maximum atomic E-state index is 11.9. The van der Waals surface area contributed by atoms with E-state index < -0.39 is 0 Å². The summed E-state index contributed by atoms with van der Waals surface area (Å²) in [6.07, 6.45) is 8.97. The third-order valence-corrected chi connectivity index (χ3v) is 2.40. The minimum absolute atomic E-state index is 0.200. The molecule has 0 fully saturated rings. The Morgan fingerprint density at radius 3 is 2.28 bits per heavy atom. The first-order valence-corrected chi connectivity index (χ1v) is 6.91. The van der Waals surface area contributed by atoms with Crippen molar-refractivity contribution in [3.8, 4) is 0 Å². The number of carbonyl (C=O) groups excluding carboxylic acids is 1. The summed E-state index contributed by atoms with van der Waals surface area (Å²) in [5, 5.41) is 0. The molecule has 0 aromatic rings. The van der Waals surface area contributed by atoms with E-state index in [0.717, 1.165) is 25.1 Å². The molecule has 2 heteroatoms. The van der Waals surface area contributed by atoms with Crippen molar-refractivity contribution in [2.75, 3.05) is 13.1 Å². The lowest BCUT2D eigenvalue weighted by molar-refractivity contribution is -0.130. The van der Waals surface area contributed by atoms with Gasteiger partial charge in [0.25, 0.3) is 0 Å². The molecule has 0 saturated heterocycles. The van der Waals surface area contributed by atoms with E-state index in [1.54, 1.807) is 6.08 Å². The molecule has 0 aliphatic rings. The summed E-state index contributed by atoms with van der Waals surface area (Å²) >= 11 is 0. The number of nitrogens with zero attached hydrogens (tertiary/aromatic N) is 1. The van der Waals surface area contributed by atoms with Gasteiger partial charge >= 0.3 is 0 Å². The van der Waals surface area contributed by atoms with Crippen molar-refractivity contribution in [1.29, 1.82) is 0 Å². The fourth-order valence-electron chi connectivity index (χ4n) is 1.46. The van der Waals surface area contributed by atoms with E-state index in [9.17, 15) is 4.79 Å². The van der Waals surface area contributed by atoms with Crippen LogP contribution in [0.2, 0.25) is 0 Å². The van der Waals surface area contributed by atoms with Crippen molar-refractivity contribution >= 4 is 5.91 Å². The zero-order chi connectivity index (χ0) is 14.4. The average Bonchev–Trinajstić information content (AvgIpc) is 2.42. The highest BCUT2D eigenvalue weighted by Crippen LogP contribution is 2.07. The van der Waals surface area contributed by atoms with Crippen LogP contribution < -0.4 is 0 Å². The van der Waals surface area contributed by atoms with Crippen LogP contribution in [0.3, 0.4) is 0 Å². The van der Waals surface area contributed by atoms with E-state index in [-0.39, 0.29) is 5.91 Å². The molecule has 0 atom stereocenters. The molecule has 0 bridgehead atoms. The highest BCUT2D eigenvalue weighted by Gasteiger charge is 2.10. The quantitative estimate of drug-likeness (QED) is 0.616. The molecule has 0 aromatic heterocycles. The fourth-order valence-corrected chi connectivity index (χ4v) is 1.46. The third-order valence-electron chi connectivity index (χ3n) is 2.40. The van der Waals surface area contributed by atoms with Gasteiger partial charge in [-0.3, -0.25) is 4.79 Å². The Bertz CT molecular complexity index is 277. The van der Waals surface area contributed by atoms with Gasteiger partial charge in [-0.2, -0.15) is 0 Å². The van der Waals surface area contributed by atoms with Crippen molar-refractivity contribution in [3.05, 3.63) is 36.5 Å². The molecule has 1 amide bonds. The van der Waals surface area contributed by atoms with Crippen LogP contribution in [0.5, 0.6) is 0 Å². The third kappa shape index (κ3) is 8.80. The zero-order valence-corrected chi connectivity index (χ0v) is 12.7. The first kappa shape index (κ1) is 19.0. The summed E-state index contributed by atoms with van der Waals surface area (Å²) < 4.78 is 0. The number of allylic oxidation sites excluding steroid dienone is 4. The van der Waals surface area contributed by atoms with Crippen molar-refractivity contribution in [2.45, 2.75) is 47.5 Å². The standard InChI is InChI=1S/C14H23NO.C2H6/c1-5-9-10-13(7-3)12-14(16)15(8-4)11-6-2;1-2/h5,7,9-10H,1,6,8,11-12H2,2-4H3;1-2H3/b10-9-,13-7+;. The molecule has 104 valence electrons. The Morgan fingerprint density at radius 2 is 1.89 bits per heavy atom. The largest absolute Gasteiger partial charge is 0.343 e. The Morgan fingerprint density at radius 1 is 1.28 bits per heavy atom. The topological polar surface area (TPSA) is 20.3 Å². The summed E-state index contributed by atoms with van der Waals surface area (Å²) in [5.41, 5.74) is 1.04. The second-order valence-corrected chi connectivity index (χ2v) is 3.61. The number of hydrogen-bond acceptors (Lipinski definition) is 1. The Hall–Kier alpha value is -1.31. The first-order chi connectivity index (χ1) is 8.69. The smallest absolute Gasteiger partial charge is 0.226 e. The van der Waals surface area contributed by atoms with Crippen LogP contribution in [-0.2, 0) is 4.79 Å².